The summed E-state index contributed by atoms with van der Waals surface area (Å²) in [5.41, 5.74) is 1.48. The molecule has 0 unspecified atom stereocenters. The monoisotopic (exact) mass is 461 g/mol. The van der Waals surface area contributed by atoms with E-state index in [4.69, 9.17) is 17.0 Å². The van der Waals surface area contributed by atoms with Crippen molar-refractivity contribution in [3.05, 3.63) is 64.8 Å². The van der Waals surface area contributed by atoms with Crippen LogP contribution in [0, 0.1) is 0 Å². The number of carbonyl (C=O) groups excluding carboxylic acids is 1. The van der Waals surface area contributed by atoms with Gasteiger partial charge in [-0.2, -0.15) is 0 Å². The van der Waals surface area contributed by atoms with Gasteiger partial charge in [0.2, 0.25) is 0 Å². The maximum atomic E-state index is 12.4. The molecule has 138 valence electrons. The van der Waals surface area contributed by atoms with E-state index in [1.807, 2.05) is 42.5 Å². The molecule has 27 heavy (non-hydrogen) atoms. The van der Waals surface area contributed by atoms with Crippen molar-refractivity contribution in [2.45, 2.75) is 6.92 Å². The van der Waals surface area contributed by atoms with Crippen molar-refractivity contribution in [1.82, 2.24) is 4.98 Å². The summed E-state index contributed by atoms with van der Waals surface area (Å²) in [4.78, 5) is 17.5. The number of hydrogen-bond acceptors (Lipinski definition) is 5. The highest BCUT2D eigenvalue weighted by Crippen LogP contribution is 2.36. The molecule has 0 aliphatic rings. The van der Waals surface area contributed by atoms with Crippen molar-refractivity contribution in [3.8, 4) is 10.4 Å². The Morgan fingerprint density at radius 2 is 2.00 bits per heavy atom. The fraction of sp³-hybridized carbons (Fsp3) is 0.105. The third kappa shape index (κ3) is 5.12. The van der Waals surface area contributed by atoms with E-state index in [1.54, 1.807) is 19.2 Å². The molecule has 1 aromatic carbocycles. The summed E-state index contributed by atoms with van der Waals surface area (Å²) in [6.45, 7) is 2.08. The lowest BCUT2D eigenvalue weighted by molar-refractivity contribution is 0.0528. The molecule has 2 N–H and O–H groups in total. The number of nitrogens with zero attached hydrogens (tertiary/aromatic N) is 1. The highest BCUT2D eigenvalue weighted by atomic mass is 79.9. The molecule has 0 saturated heterocycles. The van der Waals surface area contributed by atoms with Gasteiger partial charge in [-0.3, -0.25) is 0 Å². The largest absolute Gasteiger partial charge is 0.462 e. The van der Waals surface area contributed by atoms with Crippen LogP contribution in [0.2, 0.25) is 0 Å². The van der Waals surface area contributed by atoms with Gasteiger partial charge in [0, 0.05) is 15.5 Å². The third-order valence-corrected chi connectivity index (χ3v) is 5.25. The molecule has 2 aromatic heterocycles. The summed E-state index contributed by atoms with van der Waals surface area (Å²) in [6, 6.07) is 15.3. The van der Waals surface area contributed by atoms with Crippen LogP contribution in [0.4, 0.5) is 10.8 Å². The molecule has 3 rings (SSSR count). The number of carbonyl (C=O) groups is 1. The van der Waals surface area contributed by atoms with Crippen LogP contribution in [-0.4, -0.2) is 22.7 Å². The summed E-state index contributed by atoms with van der Waals surface area (Å²) in [7, 11) is 0. The van der Waals surface area contributed by atoms with Crippen LogP contribution < -0.4 is 10.6 Å². The minimum absolute atomic E-state index is 0.306. The van der Waals surface area contributed by atoms with Gasteiger partial charge in [-0.25, -0.2) is 9.78 Å². The van der Waals surface area contributed by atoms with Crippen LogP contribution in [0.3, 0.4) is 0 Å². The van der Waals surface area contributed by atoms with E-state index in [0.29, 0.717) is 28.1 Å². The summed E-state index contributed by atoms with van der Waals surface area (Å²) in [5, 5.41) is 7.07. The summed E-state index contributed by atoms with van der Waals surface area (Å²) < 4.78 is 6.05. The van der Waals surface area contributed by atoms with Crippen molar-refractivity contribution >= 4 is 61.4 Å². The van der Waals surface area contributed by atoms with Crippen LogP contribution in [-0.2, 0) is 4.74 Å². The van der Waals surface area contributed by atoms with E-state index in [2.05, 4.69) is 31.5 Å². The Balaban J connectivity index is 1.83. The standard InChI is InChI=1S/C19H16BrN3O2S2/c1-2-25-18(24)14-10-15(12-6-4-3-5-7-12)27-17(14)23-19(26)22-16-9-8-13(20)11-21-16/h3-11H,2H2,1H3,(H2,21,22,23,26). The molecule has 0 atom stereocenters. The number of nitrogens with one attached hydrogen (secondary N) is 2. The second-order valence-corrected chi connectivity index (χ2v) is 7.76. The Kier molecular flexibility index (Phi) is 6.54. The van der Waals surface area contributed by atoms with Crippen LogP contribution in [0.25, 0.3) is 10.4 Å². The molecule has 0 fully saturated rings. The van der Waals surface area contributed by atoms with Crippen molar-refractivity contribution in [2.24, 2.45) is 0 Å². The summed E-state index contributed by atoms with van der Waals surface area (Å²) in [5.74, 6) is 0.219. The lowest BCUT2D eigenvalue weighted by Gasteiger charge is -2.10. The SMILES string of the molecule is CCOC(=O)c1cc(-c2ccccc2)sc1NC(=S)Nc1ccc(Br)cn1. The smallest absolute Gasteiger partial charge is 0.341 e. The predicted octanol–water partition coefficient (Wildman–Crippen LogP) is 5.56. The van der Waals surface area contributed by atoms with Crippen molar-refractivity contribution in [1.29, 1.82) is 0 Å². The minimum atomic E-state index is -0.386. The number of esters is 1. The molecule has 0 aliphatic heterocycles. The molecular weight excluding hydrogens is 446 g/mol. The fourth-order valence-electron chi connectivity index (χ4n) is 2.29. The maximum absolute atomic E-state index is 12.4. The molecule has 3 aromatic rings. The first kappa shape index (κ1) is 19.5. The first-order valence-corrected chi connectivity index (χ1v) is 10.1. The number of thiocarbonyl (C=S) groups is 1. The lowest BCUT2D eigenvalue weighted by atomic mass is 10.1. The molecule has 8 heteroatoms. The normalized spacial score (nSPS) is 10.3. The van der Waals surface area contributed by atoms with Crippen LogP contribution in [0.1, 0.15) is 17.3 Å². The highest BCUT2D eigenvalue weighted by Gasteiger charge is 2.19. The lowest BCUT2D eigenvalue weighted by Crippen LogP contribution is -2.20. The van der Waals surface area contributed by atoms with Crippen LogP contribution >= 0.6 is 39.5 Å². The van der Waals surface area contributed by atoms with Gasteiger partial charge in [0.25, 0.3) is 0 Å². The number of anilines is 2. The Morgan fingerprint density at radius 3 is 2.67 bits per heavy atom. The summed E-state index contributed by atoms with van der Waals surface area (Å²) >= 11 is 10.2. The van der Waals surface area contributed by atoms with Gasteiger partial charge in [0.15, 0.2) is 5.11 Å². The average Bonchev–Trinajstić information content (AvgIpc) is 3.08. The van der Waals surface area contributed by atoms with Gasteiger partial charge in [-0.05, 0) is 58.8 Å². The molecule has 5 nitrogen and oxygen atoms in total. The quantitative estimate of drug-likeness (QED) is 0.383. The molecule has 0 spiro atoms. The average molecular weight is 462 g/mol. The van der Waals surface area contributed by atoms with Gasteiger partial charge in [0.1, 0.15) is 10.8 Å². The zero-order chi connectivity index (χ0) is 19.2. The van der Waals surface area contributed by atoms with Gasteiger partial charge in [-0.15, -0.1) is 11.3 Å². The Labute approximate surface area is 174 Å². The molecule has 0 aliphatic carbocycles. The number of benzene rings is 1. The van der Waals surface area contributed by atoms with Gasteiger partial charge in [0.05, 0.1) is 12.2 Å². The predicted molar refractivity (Wildman–Crippen MR) is 117 cm³/mol. The van der Waals surface area contributed by atoms with E-state index < -0.39 is 0 Å². The summed E-state index contributed by atoms with van der Waals surface area (Å²) in [6.07, 6.45) is 1.67. The van der Waals surface area contributed by atoms with Crippen molar-refractivity contribution in [2.75, 3.05) is 17.2 Å². The van der Waals surface area contributed by atoms with E-state index in [9.17, 15) is 4.79 Å². The van der Waals surface area contributed by atoms with Crippen molar-refractivity contribution < 1.29 is 9.53 Å². The fourth-order valence-corrected chi connectivity index (χ4v) is 3.85. The number of hydrogen-bond donors (Lipinski definition) is 2. The Bertz CT molecular complexity index is 943. The number of pyridine rings is 1. The van der Waals surface area contributed by atoms with E-state index in [1.165, 1.54) is 11.3 Å². The number of ether oxygens (including phenoxy) is 1. The molecule has 2 heterocycles. The first-order valence-electron chi connectivity index (χ1n) is 8.12. The molecule has 0 radical (unpaired) electrons. The van der Waals surface area contributed by atoms with Gasteiger partial charge < -0.3 is 15.4 Å². The maximum Gasteiger partial charge on any atom is 0.341 e. The molecule has 0 saturated carbocycles. The highest BCUT2D eigenvalue weighted by molar-refractivity contribution is 9.10. The van der Waals surface area contributed by atoms with E-state index >= 15 is 0 Å². The number of halogens is 1. The topological polar surface area (TPSA) is 63.2 Å². The number of aromatic nitrogens is 1. The second-order valence-electron chi connectivity index (χ2n) is 5.38. The molecule has 0 amide bonds. The second kappa shape index (κ2) is 9.07. The van der Waals surface area contributed by atoms with Gasteiger partial charge in [-0.1, -0.05) is 30.3 Å². The van der Waals surface area contributed by atoms with Crippen LogP contribution in [0.15, 0.2) is 59.2 Å². The number of rotatable bonds is 5. The molecule has 0 bridgehead atoms. The van der Waals surface area contributed by atoms with E-state index in [0.717, 1.165) is 14.9 Å². The Morgan fingerprint density at radius 1 is 1.22 bits per heavy atom. The number of thiophene rings is 1. The van der Waals surface area contributed by atoms with Gasteiger partial charge >= 0.3 is 5.97 Å². The van der Waals surface area contributed by atoms with Crippen LogP contribution in [0.5, 0.6) is 0 Å². The first-order chi connectivity index (χ1) is 13.1. The Hall–Kier alpha value is -2.29. The third-order valence-electron chi connectivity index (χ3n) is 3.48. The zero-order valence-electron chi connectivity index (χ0n) is 14.4. The zero-order valence-corrected chi connectivity index (χ0v) is 17.6. The minimum Gasteiger partial charge on any atom is -0.462 e. The molecular formula is C19H16BrN3O2S2. The van der Waals surface area contributed by atoms with Crippen molar-refractivity contribution in [3.63, 3.8) is 0 Å². The van der Waals surface area contributed by atoms with E-state index in [-0.39, 0.29) is 5.97 Å².